The summed E-state index contributed by atoms with van der Waals surface area (Å²) in [5.41, 5.74) is 0.511. The van der Waals surface area contributed by atoms with Gasteiger partial charge in [-0.1, -0.05) is 24.4 Å². The number of ether oxygens (including phenoxy) is 2. The third-order valence-electron chi connectivity index (χ3n) is 2.84. The van der Waals surface area contributed by atoms with Crippen LogP contribution in [0.2, 0.25) is 0 Å². The van der Waals surface area contributed by atoms with Gasteiger partial charge >= 0.3 is 0 Å². The summed E-state index contributed by atoms with van der Waals surface area (Å²) in [5.74, 6) is 0.391. The number of thiocarbonyl (C=S) groups is 1. The van der Waals surface area contributed by atoms with E-state index in [2.05, 4.69) is 0 Å². The van der Waals surface area contributed by atoms with Crippen LogP contribution in [0.1, 0.15) is 10.4 Å². The van der Waals surface area contributed by atoms with E-state index in [0.717, 1.165) is 0 Å². The first-order valence-electron chi connectivity index (χ1n) is 5.78. The maximum absolute atomic E-state index is 12.3. The molecule has 0 N–H and O–H groups in total. The standard InChI is InChI=1S/C13H15NO3S/c1-16-11-5-3-2-4-10(11)12(15)13(18)14-6-8-17-9-7-14/h2-5H,6-9H2,1H3. The largest absolute Gasteiger partial charge is 0.496 e. The number of Topliss-reactive ketones (excluding diaryl/α,β-unsaturated/α-hetero) is 1. The van der Waals surface area contributed by atoms with Crippen LogP contribution in [0.15, 0.2) is 24.3 Å². The molecule has 18 heavy (non-hydrogen) atoms. The normalized spacial score (nSPS) is 15.3. The number of hydrogen-bond acceptors (Lipinski definition) is 4. The van der Waals surface area contributed by atoms with E-state index in [4.69, 9.17) is 21.7 Å². The van der Waals surface area contributed by atoms with Crippen molar-refractivity contribution in [1.82, 2.24) is 4.90 Å². The third kappa shape index (κ3) is 2.68. The first kappa shape index (κ1) is 13.0. The molecule has 0 amide bonds. The Bertz CT molecular complexity index is 455. The molecule has 0 radical (unpaired) electrons. The van der Waals surface area contributed by atoms with E-state index in [1.54, 1.807) is 25.3 Å². The highest BCUT2D eigenvalue weighted by molar-refractivity contribution is 7.82. The van der Waals surface area contributed by atoms with E-state index in [1.807, 2.05) is 11.0 Å². The number of para-hydroxylation sites is 1. The van der Waals surface area contributed by atoms with Gasteiger partial charge in [0.1, 0.15) is 5.75 Å². The predicted molar refractivity (Wildman–Crippen MR) is 72.3 cm³/mol. The number of carbonyl (C=O) groups is 1. The Morgan fingerprint density at radius 3 is 2.67 bits per heavy atom. The van der Waals surface area contributed by atoms with Gasteiger partial charge in [-0.05, 0) is 12.1 Å². The van der Waals surface area contributed by atoms with Gasteiger partial charge in [-0.3, -0.25) is 4.79 Å². The maximum Gasteiger partial charge on any atom is 0.223 e. The van der Waals surface area contributed by atoms with Gasteiger partial charge in [0.2, 0.25) is 5.78 Å². The zero-order chi connectivity index (χ0) is 13.0. The van der Waals surface area contributed by atoms with E-state index < -0.39 is 0 Å². The van der Waals surface area contributed by atoms with Crippen molar-refractivity contribution in [2.24, 2.45) is 0 Å². The zero-order valence-electron chi connectivity index (χ0n) is 10.2. The van der Waals surface area contributed by atoms with Crippen LogP contribution in [0.4, 0.5) is 0 Å². The van der Waals surface area contributed by atoms with Crippen molar-refractivity contribution in [2.45, 2.75) is 0 Å². The fourth-order valence-electron chi connectivity index (χ4n) is 1.86. The van der Waals surface area contributed by atoms with Crippen molar-refractivity contribution in [3.63, 3.8) is 0 Å². The van der Waals surface area contributed by atoms with Crippen molar-refractivity contribution >= 4 is 23.0 Å². The maximum atomic E-state index is 12.3. The van der Waals surface area contributed by atoms with Crippen molar-refractivity contribution in [3.8, 4) is 5.75 Å². The molecule has 0 aliphatic carbocycles. The van der Waals surface area contributed by atoms with Crippen LogP contribution < -0.4 is 4.74 Å². The van der Waals surface area contributed by atoms with Gasteiger partial charge < -0.3 is 14.4 Å². The van der Waals surface area contributed by atoms with Crippen LogP contribution in [-0.4, -0.2) is 49.1 Å². The van der Waals surface area contributed by atoms with E-state index in [1.165, 1.54) is 0 Å². The van der Waals surface area contributed by atoms with Crippen molar-refractivity contribution in [2.75, 3.05) is 33.4 Å². The first-order chi connectivity index (χ1) is 8.74. The lowest BCUT2D eigenvalue weighted by Crippen LogP contribution is -2.43. The van der Waals surface area contributed by atoms with Crippen LogP contribution in [0.3, 0.4) is 0 Å². The van der Waals surface area contributed by atoms with Crippen LogP contribution in [-0.2, 0) is 4.74 Å². The molecule has 1 heterocycles. The molecule has 5 heteroatoms. The SMILES string of the molecule is COc1ccccc1C(=O)C(=S)N1CCOCC1. The second kappa shape index (κ2) is 5.93. The van der Waals surface area contributed by atoms with Gasteiger partial charge in [0.15, 0.2) is 4.99 Å². The molecule has 0 aromatic heterocycles. The Morgan fingerprint density at radius 2 is 2.00 bits per heavy atom. The highest BCUT2D eigenvalue weighted by atomic mass is 32.1. The highest BCUT2D eigenvalue weighted by Crippen LogP contribution is 2.19. The monoisotopic (exact) mass is 265 g/mol. The van der Waals surface area contributed by atoms with E-state index >= 15 is 0 Å². The number of carbonyl (C=O) groups excluding carboxylic acids is 1. The summed E-state index contributed by atoms with van der Waals surface area (Å²) < 4.78 is 10.4. The number of hydrogen-bond donors (Lipinski definition) is 0. The number of nitrogens with zero attached hydrogens (tertiary/aromatic N) is 1. The van der Waals surface area contributed by atoms with Crippen molar-refractivity contribution in [3.05, 3.63) is 29.8 Å². The lowest BCUT2D eigenvalue weighted by Gasteiger charge is -2.28. The molecule has 0 saturated carbocycles. The Labute approximate surface area is 111 Å². The molecule has 1 fully saturated rings. The molecule has 0 unspecified atom stereocenters. The van der Waals surface area contributed by atoms with Crippen LogP contribution in [0.25, 0.3) is 0 Å². The molecular weight excluding hydrogens is 250 g/mol. The van der Waals surface area contributed by atoms with Crippen LogP contribution in [0.5, 0.6) is 5.75 Å². The van der Waals surface area contributed by atoms with Crippen LogP contribution in [0, 0.1) is 0 Å². The number of methoxy groups -OCH3 is 1. The second-order valence-corrected chi connectivity index (χ2v) is 4.32. The molecule has 1 aromatic rings. The summed E-state index contributed by atoms with van der Waals surface area (Å²) in [5, 5.41) is 0. The van der Waals surface area contributed by atoms with Crippen molar-refractivity contribution in [1.29, 1.82) is 0 Å². The van der Waals surface area contributed by atoms with E-state index in [0.29, 0.717) is 42.6 Å². The summed E-state index contributed by atoms with van der Waals surface area (Å²) in [6.07, 6.45) is 0. The fraction of sp³-hybridized carbons (Fsp3) is 0.385. The molecule has 4 nitrogen and oxygen atoms in total. The Hall–Kier alpha value is -1.46. The minimum absolute atomic E-state index is 0.163. The third-order valence-corrected chi connectivity index (χ3v) is 3.29. The molecule has 1 aromatic carbocycles. The summed E-state index contributed by atoms with van der Waals surface area (Å²) in [4.78, 5) is 14.5. The molecule has 0 bridgehead atoms. The topological polar surface area (TPSA) is 38.8 Å². The molecule has 0 spiro atoms. The molecular formula is C13H15NO3S. The van der Waals surface area contributed by atoms with E-state index in [-0.39, 0.29) is 5.78 Å². The molecule has 1 saturated heterocycles. The molecule has 96 valence electrons. The fourth-order valence-corrected chi connectivity index (χ4v) is 2.15. The number of benzene rings is 1. The quantitative estimate of drug-likeness (QED) is 0.612. The summed E-state index contributed by atoms with van der Waals surface area (Å²) in [6.45, 7) is 2.55. The lowest BCUT2D eigenvalue weighted by molar-refractivity contribution is 0.0670. The van der Waals surface area contributed by atoms with Gasteiger partial charge in [0.05, 0.1) is 25.9 Å². The summed E-state index contributed by atoms with van der Waals surface area (Å²) in [6, 6.07) is 7.12. The molecule has 1 aliphatic rings. The number of ketones is 1. The smallest absolute Gasteiger partial charge is 0.223 e. The molecule has 1 aliphatic heterocycles. The Morgan fingerprint density at radius 1 is 1.33 bits per heavy atom. The van der Waals surface area contributed by atoms with Gasteiger partial charge in [-0.2, -0.15) is 0 Å². The molecule has 2 rings (SSSR count). The Kier molecular flexibility index (Phi) is 4.28. The average Bonchev–Trinajstić information content (AvgIpc) is 2.46. The van der Waals surface area contributed by atoms with E-state index in [9.17, 15) is 4.79 Å². The minimum atomic E-state index is -0.163. The predicted octanol–water partition coefficient (Wildman–Crippen LogP) is 1.54. The van der Waals surface area contributed by atoms with Crippen molar-refractivity contribution < 1.29 is 14.3 Å². The Balaban J connectivity index is 2.17. The van der Waals surface area contributed by atoms with Gasteiger partial charge in [0.25, 0.3) is 0 Å². The van der Waals surface area contributed by atoms with Crippen LogP contribution >= 0.6 is 12.2 Å². The summed E-state index contributed by atoms with van der Waals surface area (Å²) >= 11 is 5.25. The highest BCUT2D eigenvalue weighted by Gasteiger charge is 2.23. The second-order valence-electron chi connectivity index (χ2n) is 3.93. The van der Waals surface area contributed by atoms with Gasteiger partial charge in [0, 0.05) is 13.1 Å². The first-order valence-corrected chi connectivity index (χ1v) is 6.19. The van der Waals surface area contributed by atoms with Gasteiger partial charge in [-0.15, -0.1) is 0 Å². The number of morpholine rings is 1. The minimum Gasteiger partial charge on any atom is -0.496 e. The lowest BCUT2D eigenvalue weighted by atomic mass is 10.1. The van der Waals surface area contributed by atoms with Gasteiger partial charge in [-0.25, -0.2) is 0 Å². The zero-order valence-corrected chi connectivity index (χ0v) is 11.0. The molecule has 0 atom stereocenters. The summed E-state index contributed by atoms with van der Waals surface area (Å²) in [7, 11) is 1.55. The number of rotatable bonds is 3. The average molecular weight is 265 g/mol.